The van der Waals surface area contributed by atoms with E-state index < -0.39 is 5.97 Å². The number of hydrogen-bond donors (Lipinski definition) is 0. The number of benzene rings is 2. The van der Waals surface area contributed by atoms with Crippen molar-refractivity contribution in [3.05, 3.63) is 60.5 Å². The number of esters is 1. The molecule has 0 saturated heterocycles. The Hall–Kier alpha value is -2.62. The van der Waals surface area contributed by atoms with Crippen LogP contribution in [0.4, 0.5) is 0 Å². The number of oxazole rings is 1. The Bertz CT molecular complexity index is 688. The van der Waals surface area contributed by atoms with Crippen molar-refractivity contribution in [2.75, 3.05) is 0 Å². The van der Waals surface area contributed by atoms with Crippen molar-refractivity contribution >= 4 is 17.1 Å². The fourth-order valence-corrected chi connectivity index (χ4v) is 1.64. The SMILES string of the molecule is O=C(Oc1ccccc1)c1ccc2ncoc2c1. The van der Waals surface area contributed by atoms with Crippen molar-refractivity contribution in [2.45, 2.75) is 0 Å². The van der Waals surface area contributed by atoms with E-state index in [2.05, 4.69) is 4.98 Å². The monoisotopic (exact) mass is 239 g/mol. The summed E-state index contributed by atoms with van der Waals surface area (Å²) in [6.07, 6.45) is 1.34. The molecular formula is C14H9NO3. The number of carbonyl (C=O) groups excluding carboxylic acids is 1. The Kier molecular flexibility index (Phi) is 2.53. The normalized spacial score (nSPS) is 10.4. The summed E-state index contributed by atoms with van der Waals surface area (Å²) >= 11 is 0. The van der Waals surface area contributed by atoms with E-state index in [-0.39, 0.29) is 0 Å². The number of aromatic nitrogens is 1. The third-order valence-electron chi connectivity index (χ3n) is 2.52. The van der Waals surface area contributed by atoms with Gasteiger partial charge in [0.2, 0.25) is 0 Å². The van der Waals surface area contributed by atoms with Gasteiger partial charge in [-0.25, -0.2) is 9.78 Å². The lowest BCUT2D eigenvalue weighted by Crippen LogP contribution is -2.08. The molecule has 0 N–H and O–H groups in total. The molecule has 0 aliphatic carbocycles. The molecule has 4 nitrogen and oxygen atoms in total. The van der Waals surface area contributed by atoms with Crippen molar-refractivity contribution in [3.8, 4) is 5.75 Å². The largest absolute Gasteiger partial charge is 0.443 e. The maximum absolute atomic E-state index is 11.9. The van der Waals surface area contributed by atoms with Crippen LogP contribution in [0.25, 0.3) is 11.1 Å². The zero-order valence-electron chi connectivity index (χ0n) is 9.37. The molecule has 3 rings (SSSR count). The number of para-hydroxylation sites is 1. The molecule has 3 aromatic rings. The lowest BCUT2D eigenvalue weighted by atomic mass is 10.2. The van der Waals surface area contributed by atoms with Gasteiger partial charge in [-0.15, -0.1) is 0 Å². The first-order valence-electron chi connectivity index (χ1n) is 5.43. The van der Waals surface area contributed by atoms with Crippen molar-refractivity contribution in [1.29, 1.82) is 0 Å². The molecule has 0 fully saturated rings. The fourth-order valence-electron chi connectivity index (χ4n) is 1.64. The lowest BCUT2D eigenvalue weighted by molar-refractivity contribution is 0.0735. The van der Waals surface area contributed by atoms with Crippen molar-refractivity contribution in [2.24, 2.45) is 0 Å². The quantitative estimate of drug-likeness (QED) is 0.509. The molecule has 0 unspecified atom stereocenters. The van der Waals surface area contributed by atoms with Crippen LogP contribution in [0.5, 0.6) is 5.75 Å². The van der Waals surface area contributed by atoms with Crippen LogP contribution < -0.4 is 4.74 Å². The highest BCUT2D eigenvalue weighted by Gasteiger charge is 2.10. The van der Waals surface area contributed by atoms with Gasteiger partial charge in [-0.2, -0.15) is 0 Å². The summed E-state index contributed by atoms with van der Waals surface area (Å²) < 4.78 is 10.4. The molecule has 4 heteroatoms. The van der Waals surface area contributed by atoms with Crippen LogP contribution in [0.1, 0.15) is 10.4 Å². The van der Waals surface area contributed by atoms with E-state index in [1.807, 2.05) is 18.2 Å². The highest BCUT2D eigenvalue weighted by atomic mass is 16.5. The highest BCUT2D eigenvalue weighted by Crippen LogP contribution is 2.16. The van der Waals surface area contributed by atoms with Crippen molar-refractivity contribution < 1.29 is 13.9 Å². The first-order chi connectivity index (χ1) is 8.83. The topological polar surface area (TPSA) is 52.3 Å². The van der Waals surface area contributed by atoms with Gasteiger partial charge in [0.15, 0.2) is 12.0 Å². The summed E-state index contributed by atoms with van der Waals surface area (Å²) in [6.45, 7) is 0. The van der Waals surface area contributed by atoms with Crippen LogP contribution in [0.2, 0.25) is 0 Å². The summed E-state index contributed by atoms with van der Waals surface area (Å²) in [7, 11) is 0. The number of ether oxygens (including phenoxy) is 1. The predicted molar refractivity (Wildman–Crippen MR) is 65.4 cm³/mol. The maximum atomic E-state index is 11.9. The summed E-state index contributed by atoms with van der Waals surface area (Å²) in [6, 6.07) is 13.9. The van der Waals surface area contributed by atoms with Crippen LogP contribution in [0.3, 0.4) is 0 Å². The number of rotatable bonds is 2. The summed E-state index contributed by atoms with van der Waals surface area (Å²) in [5, 5.41) is 0. The number of fused-ring (bicyclic) bond motifs is 1. The molecule has 0 radical (unpaired) electrons. The molecule has 0 bridgehead atoms. The number of nitrogens with zero attached hydrogens (tertiary/aromatic N) is 1. The van der Waals surface area contributed by atoms with E-state index in [1.54, 1.807) is 30.3 Å². The van der Waals surface area contributed by atoms with Crippen LogP contribution in [0.15, 0.2) is 59.3 Å². The van der Waals surface area contributed by atoms with Crippen molar-refractivity contribution in [1.82, 2.24) is 4.98 Å². The van der Waals surface area contributed by atoms with Crippen LogP contribution in [-0.2, 0) is 0 Å². The third-order valence-corrected chi connectivity index (χ3v) is 2.52. The van der Waals surface area contributed by atoms with Gasteiger partial charge in [0, 0.05) is 0 Å². The van der Waals surface area contributed by atoms with Gasteiger partial charge in [0.05, 0.1) is 5.56 Å². The molecule has 0 atom stereocenters. The van der Waals surface area contributed by atoms with E-state index in [0.717, 1.165) is 0 Å². The van der Waals surface area contributed by atoms with Crippen LogP contribution in [-0.4, -0.2) is 11.0 Å². The third kappa shape index (κ3) is 1.96. The molecule has 18 heavy (non-hydrogen) atoms. The predicted octanol–water partition coefficient (Wildman–Crippen LogP) is 3.05. The van der Waals surface area contributed by atoms with E-state index in [1.165, 1.54) is 6.39 Å². The number of carbonyl (C=O) groups is 1. The molecule has 0 saturated carbocycles. The lowest BCUT2D eigenvalue weighted by Gasteiger charge is -2.03. The standard InChI is InChI=1S/C14H9NO3/c16-14(18-11-4-2-1-3-5-11)10-6-7-12-13(8-10)17-9-15-12/h1-9H. The van der Waals surface area contributed by atoms with Crippen LogP contribution >= 0.6 is 0 Å². The smallest absolute Gasteiger partial charge is 0.343 e. The molecular weight excluding hydrogens is 230 g/mol. The van der Waals surface area contributed by atoms with E-state index >= 15 is 0 Å². The fraction of sp³-hybridized carbons (Fsp3) is 0. The minimum atomic E-state index is -0.417. The van der Waals surface area contributed by atoms with E-state index in [4.69, 9.17) is 9.15 Å². The second-order valence-electron chi connectivity index (χ2n) is 3.74. The van der Waals surface area contributed by atoms with Crippen LogP contribution in [0, 0.1) is 0 Å². The minimum Gasteiger partial charge on any atom is -0.443 e. The van der Waals surface area contributed by atoms with Gasteiger partial charge in [0.1, 0.15) is 11.3 Å². The van der Waals surface area contributed by atoms with Gasteiger partial charge in [-0.1, -0.05) is 18.2 Å². The zero-order valence-corrected chi connectivity index (χ0v) is 9.37. The Morgan fingerprint density at radius 2 is 1.94 bits per heavy atom. The Morgan fingerprint density at radius 3 is 2.78 bits per heavy atom. The second kappa shape index (κ2) is 4.33. The van der Waals surface area contributed by atoms with Gasteiger partial charge in [0.25, 0.3) is 0 Å². The summed E-state index contributed by atoms with van der Waals surface area (Å²) in [4.78, 5) is 15.9. The molecule has 0 aliphatic rings. The molecule has 0 spiro atoms. The van der Waals surface area contributed by atoms with Gasteiger partial charge in [-0.3, -0.25) is 0 Å². The Balaban J connectivity index is 1.87. The molecule has 1 aromatic heterocycles. The molecule has 2 aromatic carbocycles. The summed E-state index contributed by atoms with van der Waals surface area (Å²) in [5.41, 5.74) is 1.71. The van der Waals surface area contributed by atoms with Crippen molar-refractivity contribution in [3.63, 3.8) is 0 Å². The minimum absolute atomic E-state index is 0.417. The Labute approximate surface area is 103 Å². The van der Waals surface area contributed by atoms with E-state index in [9.17, 15) is 4.79 Å². The first kappa shape index (κ1) is 10.5. The Morgan fingerprint density at radius 1 is 1.11 bits per heavy atom. The van der Waals surface area contributed by atoms with Gasteiger partial charge in [-0.05, 0) is 30.3 Å². The zero-order chi connectivity index (χ0) is 12.4. The average molecular weight is 239 g/mol. The molecule has 88 valence electrons. The number of hydrogen-bond acceptors (Lipinski definition) is 4. The molecule has 0 aliphatic heterocycles. The van der Waals surface area contributed by atoms with Gasteiger partial charge >= 0.3 is 5.97 Å². The highest BCUT2D eigenvalue weighted by molar-refractivity contribution is 5.94. The van der Waals surface area contributed by atoms with E-state index in [0.29, 0.717) is 22.4 Å². The molecule has 0 amide bonds. The maximum Gasteiger partial charge on any atom is 0.343 e. The molecule has 1 heterocycles. The summed E-state index contributed by atoms with van der Waals surface area (Å²) in [5.74, 6) is 0.0969. The van der Waals surface area contributed by atoms with Gasteiger partial charge < -0.3 is 9.15 Å². The first-order valence-corrected chi connectivity index (χ1v) is 5.43. The average Bonchev–Trinajstić information content (AvgIpc) is 2.87. The second-order valence-corrected chi connectivity index (χ2v) is 3.74.